The summed E-state index contributed by atoms with van der Waals surface area (Å²) in [5.41, 5.74) is 0.613. The van der Waals surface area contributed by atoms with E-state index < -0.39 is 6.10 Å². The van der Waals surface area contributed by atoms with Crippen molar-refractivity contribution in [1.82, 2.24) is 5.32 Å². The van der Waals surface area contributed by atoms with Crippen molar-refractivity contribution in [2.24, 2.45) is 0 Å². The van der Waals surface area contributed by atoms with E-state index >= 15 is 0 Å². The van der Waals surface area contributed by atoms with Gasteiger partial charge < -0.3 is 20.5 Å². The second kappa shape index (κ2) is 7.69. The van der Waals surface area contributed by atoms with Gasteiger partial charge in [0.05, 0.1) is 23.8 Å². The molecule has 1 heterocycles. The van der Waals surface area contributed by atoms with Crippen LogP contribution in [-0.2, 0) is 4.79 Å². The first kappa shape index (κ1) is 17.0. The first-order valence-electron chi connectivity index (χ1n) is 6.24. The predicted molar refractivity (Wildman–Crippen MR) is 80.9 cm³/mol. The zero-order chi connectivity index (χ0) is 13.8. The number of aliphatic hydroxyl groups excluding tert-OH is 1. The average Bonchev–Trinajstić information content (AvgIpc) is 2.80. The summed E-state index contributed by atoms with van der Waals surface area (Å²) in [5.74, 6) is 0.424. The van der Waals surface area contributed by atoms with Crippen LogP contribution in [0.4, 0.5) is 5.69 Å². The normalized spacial score (nSPS) is 21.1. The molecular formula is C13H18Cl2N2O3. The highest BCUT2D eigenvalue weighted by molar-refractivity contribution is 6.32. The van der Waals surface area contributed by atoms with E-state index in [0.717, 1.165) is 0 Å². The maximum absolute atomic E-state index is 11.9. The number of hydrogen-bond acceptors (Lipinski definition) is 4. The van der Waals surface area contributed by atoms with Crippen molar-refractivity contribution in [1.29, 1.82) is 0 Å². The fourth-order valence-electron chi connectivity index (χ4n) is 2.00. The number of nitrogens with one attached hydrogen (secondary N) is 2. The Morgan fingerprint density at radius 3 is 2.90 bits per heavy atom. The molecule has 0 aliphatic carbocycles. The van der Waals surface area contributed by atoms with Gasteiger partial charge >= 0.3 is 0 Å². The van der Waals surface area contributed by atoms with Crippen molar-refractivity contribution in [3.05, 3.63) is 23.2 Å². The van der Waals surface area contributed by atoms with Crippen LogP contribution in [0.25, 0.3) is 0 Å². The number of carbonyl (C=O) groups excluding carboxylic acids is 1. The standard InChI is InChI=1S/C13H17ClN2O3.ClH/c1-2-19-12-4-3-8(5-10(12)14)16-13(18)11-6-9(17)7-15-11;/h3-5,9,11,15,17H,2,6-7H2,1H3,(H,16,18);1H. The zero-order valence-corrected chi connectivity index (χ0v) is 12.6. The molecule has 1 saturated heterocycles. The summed E-state index contributed by atoms with van der Waals surface area (Å²) in [6, 6.07) is 4.74. The van der Waals surface area contributed by atoms with Crippen LogP contribution < -0.4 is 15.4 Å². The molecule has 20 heavy (non-hydrogen) atoms. The Labute approximate surface area is 129 Å². The van der Waals surface area contributed by atoms with Gasteiger partial charge in [0.25, 0.3) is 0 Å². The lowest BCUT2D eigenvalue weighted by molar-refractivity contribution is -0.117. The summed E-state index contributed by atoms with van der Waals surface area (Å²) < 4.78 is 5.32. The van der Waals surface area contributed by atoms with Gasteiger partial charge in [-0.05, 0) is 31.5 Å². The van der Waals surface area contributed by atoms with Crippen LogP contribution in [0.2, 0.25) is 5.02 Å². The van der Waals surface area contributed by atoms with Crippen LogP contribution in [0.1, 0.15) is 13.3 Å². The Balaban J connectivity index is 0.00000200. The van der Waals surface area contributed by atoms with Crippen LogP contribution in [-0.4, -0.2) is 36.3 Å². The Morgan fingerprint density at radius 1 is 1.60 bits per heavy atom. The van der Waals surface area contributed by atoms with Gasteiger partial charge in [-0.3, -0.25) is 4.79 Å². The maximum atomic E-state index is 11.9. The Kier molecular flexibility index (Phi) is 6.55. The molecule has 0 spiro atoms. The molecule has 1 aliphatic heterocycles. The smallest absolute Gasteiger partial charge is 0.241 e. The second-order valence-electron chi connectivity index (χ2n) is 4.42. The van der Waals surface area contributed by atoms with Crippen molar-refractivity contribution in [3.63, 3.8) is 0 Å². The van der Waals surface area contributed by atoms with Gasteiger partial charge in [0.2, 0.25) is 5.91 Å². The quantitative estimate of drug-likeness (QED) is 0.791. The van der Waals surface area contributed by atoms with E-state index in [1.165, 1.54) is 0 Å². The van der Waals surface area contributed by atoms with Crippen molar-refractivity contribution in [2.45, 2.75) is 25.5 Å². The van der Waals surface area contributed by atoms with Crippen LogP contribution in [0.5, 0.6) is 5.75 Å². The number of carbonyl (C=O) groups is 1. The molecule has 0 saturated carbocycles. The molecule has 1 amide bonds. The lowest BCUT2D eigenvalue weighted by Crippen LogP contribution is -2.35. The van der Waals surface area contributed by atoms with Gasteiger partial charge in [0.1, 0.15) is 5.75 Å². The third kappa shape index (κ3) is 4.24. The average molecular weight is 321 g/mol. The molecule has 3 N–H and O–H groups in total. The Hall–Kier alpha value is -1.01. The van der Waals surface area contributed by atoms with Crippen LogP contribution in [0.15, 0.2) is 18.2 Å². The molecule has 1 fully saturated rings. The van der Waals surface area contributed by atoms with Gasteiger partial charge in [-0.25, -0.2) is 0 Å². The van der Waals surface area contributed by atoms with Crippen LogP contribution >= 0.6 is 24.0 Å². The van der Waals surface area contributed by atoms with Gasteiger partial charge in [-0.1, -0.05) is 11.6 Å². The number of benzene rings is 1. The van der Waals surface area contributed by atoms with E-state index in [4.69, 9.17) is 16.3 Å². The number of amides is 1. The fraction of sp³-hybridized carbons (Fsp3) is 0.462. The van der Waals surface area contributed by atoms with E-state index in [-0.39, 0.29) is 24.4 Å². The van der Waals surface area contributed by atoms with Crippen molar-refractivity contribution < 1.29 is 14.6 Å². The molecular weight excluding hydrogens is 303 g/mol. The number of rotatable bonds is 4. The van der Waals surface area contributed by atoms with Gasteiger partial charge in [0, 0.05) is 12.2 Å². The third-order valence-corrected chi connectivity index (χ3v) is 3.22. The summed E-state index contributed by atoms with van der Waals surface area (Å²) in [6.45, 7) is 2.86. The number of ether oxygens (including phenoxy) is 1. The van der Waals surface area contributed by atoms with Crippen molar-refractivity contribution in [2.75, 3.05) is 18.5 Å². The molecule has 1 aromatic carbocycles. The lowest BCUT2D eigenvalue weighted by atomic mass is 10.2. The summed E-state index contributed by atoms with van der Waals surface area (Å²) >= 11 is 6.04. The molecule has 5 nitrogen and oxygen atoms in total. The minimum absolute atomic E-state index is 0. The molecule has 0 radical (unpaired) electrons. The summed E-state index contributed by atoms with van der Waals surface area (Å²) in [6.07, 6.45) is -0.0315. The highest BCUT2D eigenvalue weighted by atomic mass is 35.5. The molecule has 0 aromatic heterocycles. The molecule has 1 aromatic rings. The fourth-order valence-corrected chi connectivity index (χ4v) is 2.23. The molecule has 7 heteroatoms. The molecule has 2 unspecified atom stereocenters. The van der Waals surface area contributed by atoms with E-state index in [9.17, 15) is 9.90 Å². The largest absolute Gasteiger partial charge is 0.492 e. The number of anilines is 1. The summed E-state index contributed by atoms with van der Waals surface area (Å²) in [7, 11) is 0. The van der Waals surface area contributed by atoms with Gasteiger partial charge in [-0.15, -0.1) is 12.4 Å². The Morgan fingerprint density at radius 2 is 2.35 bits per heavy atom. The summed E-state index contributed by atoms with van der Waals surface area (Å²) in [5, 5.41) is 15.5. The molecule has 1 aliphatic rings. The van der Waals surface area contributed by atoms with Crippen LogP contribution in [0, 0.1) is 0 Å². The van der Waals surface area contributed by atoms with Gasteiger partial charge in [0.15, 0.2) is 0 Å². The monoisotopic (exact) mass is 320 g/mol. The topological polar surface area (TPSA) is 70.6 Å². The number of halogens is 2. The molecule has 0 bridgehead atoms. The Bertz CT molecular complexity index is 471. The van der Waals surface area contributed by atoms with Gasteiger partial charge in [-0.2, -0.15) is 0 Å². The maximum Gasteiger partial charge on any atom is 0.241 e. The minimum atomic E-state index is -0.459. The third-order valence-electron chi connectivity index (χ3n) is 2.92. The lowest BCUT2D eigenvalue weighted by Gasteiger charge is -2.12. The van der Waals surface area contributed by atoms with E-state index in [2.05, 4.69) is 10.6 Å². The minimum Gasteiger partial charge on any atom is -0.492 e. The first-order valence-corrected chi connectivity index (χ1v) is 6.62. The zero-order valence-electron chi connectivity index (χ0n) is 11.1. The highest BCUT2D eigenvalue weighted by Gasteiger charge is 2.28. The van der Waals surface area contributed by atoms with E-state index in [1.807, 2.05) is 6.92 Å². The second-order valence-corrected chi connectivity index (χ2v) is 4.83. The molecule has 112 valence electrons. The van der Waals surface area contributed by atoms with E-state index in [0.29, 0.717) is 36.0 Å². The number of β-amino-alcohol motifs (C(OH)–C–C–N with tert-alkyl or cyclic N) is 1. The number of hydrogen-bond donors (Lipinski definition) is 3. The predicted octanol–water partition coefficient (Wildman–Crippen LogP) is 1.82. The SMILES string of the molecule is CCOc1ccc(NC(=O)C2CC(O)CN2)cc1Cl.Cl. The molecule has 2 atom stereocenters. The van der Waals surface area contributed by atoms with E-state index in [1.54, 1.807) is 18.2 Å². The highest BCUT2D eigenvalue weighted by Crippen LogP contribution is 2.27. The van der Waals surface area contributed by atoms with Crippen LogP contribution in [0.3, 0.4) is 0 Å². The number of aliphatic hydroxyl groups is 1. The summed E-state index contributed by atoms with van der Waals surface area (Å²) in [4.78, 5) is 11.9. The van der Waals surface area contributed by atoms with Crippen molar-refractivity contribution in [3.8, 4) is 5.75 Å². The van der Waals surface area contributed by atoms with Crippen molar-refractivity contribution >= 4 is 35.6 Å². The first-order chi connectivity index (χ1) is 9.10. The molecule has 2 rings (SSSR count).